The van der Waals surface area contributed by atoms with Gasteiger partial charge in [0.25, 0.3) is 0 Å². The number of nitrogens with two attached hydrogens (primary N) is 1. The van der Waals surface area contributed by atoms with Crippen molar-refractivity contribution in [2.24, 2.45) is 11.7 Å². The van der Waals surface area contributed by atoms with Crippen molar-refractivity contribution < 1.29 is 15.0 Å². The predicted octanol–water partition coefficient (Wildman–Crippen LogP) is 1.83. The highest BCUT2D eigenvalue weighted by Gasteiger charge is 2.20. The predicted molar refractivity (Wildman–Crippen MR) is 79.8 cm³/mol. The summed E-state index contributed by atoms with van der Waals surface area (Å²) in [6.45, 7) is 0. The van der Waals surface area contributed by atoms with Gasteiger partial charge in [-0.05, 0) is 25.2 Å². The van der Waals surface area contributed by atoms with Crippen LogP contribution in [-0.2, 0) is 4.79 Å². The Bertz CT molecular complexity index is 368. The maximum absolute atomic E-state index is 10.5. The van der Waals surface area contributed by atoms with Gasteiger partial charge in [-0.1, -0.05) is 49.3 Å². The van der Waals surface area contributed by atoms with Crippen LogP contribution in [0.1, 0.15) is 38.5 Å². The summed E-state index contributed by atoms with van der Waals surface area (Å²) in [6, 6.07) is 0. The molecule has 4 nitrogen and oxygen atoms in total. The first-order valence-electron chi connectivity index (χ1n) is 7.25. The standard InChI is InChI=1S/C16H25NO3/c17-16(20)12-11-14(18)9-3-1-2-4-10-15(19)13-7-5-6-8-13/h1-4,9-10,13-15,18-19H,5-8,11-12H2,(H2,17,20)/b2-1+,9-3+,10-4+. The second-order valence-electron chi connectivity index (χ2n) is 5.26. The average Bonchev–Trinajstić information content (AvgIpc) is 2.94. The fourth-order valence-electron chi connectivity index (χ4n) is 2.34. The van der Waals surface area contributed by atoms with Gasteiger partial charge in [-0.3, -0.25) is 4.79 Å². The largest absolute Gasteiger partial charge is 0.389 e. The van der Waals surface area contributed by atoms with Gasteiger partial charge in [0.05, 0.1) is 12.2 Å². The van der Waals surface area contributed by atoms with Crippen molar-refractivity contribution in [3.63, 3.8) is 0 Å². The minimum atomic E-state index is -0.653. The zero-order chi connectivity index (χ0) is 14.8. The lowest BCUT2D eigenvalue weighted by Crippen LogP contribution is -2.14. The summed E-state index contributed by atoms with van der Waals surface area (Å²) in [4.78, 5) is 10.5. The Balaban J connectivity index is 2.21. The monoisotopic (exact) mass is 279 g/mol. The van der Waals surface area contributed by atoms with Crippen LogP contribution < -0.4 is 5.73 Å². The molecule has 2 unspecified atom stereocenters. The van der Waals surface area contributed by atoms with Crippen molar-refractivity contribution >= 4 is 5.91 Å². The van der Waals surface area contributed by atoms with Crippen LogP contribution >= 0.6 is 0 Å². The molecule has 0 spiro atoms. The smallest absolute Gasteiger partial charge is 0.217 e. The molecule has 0 aliphatic heterocycles. The van der Waals surface area contributed by atoms with E-state index in [0.29, 0.717) is 12.3 Å². The molecule has 112 valence electrons. The van der Waals surface area contributed by atoms with Gasteiger partial charge in [0.2, 0.25) is 5.91 Å². The van der Waals surface area contributed by atoms with Crippen LogP contribution in [-0.4, -0.2) is 28.3 Å². The van der Waals surface area contributed by atoms with Gasteiger partial charge in [-0.2, -0.15) is 0 Å². The van der Waals surface area contributed by atoms with Crippen LogP contribution in [0.25, 0.3) is 0 Å². The molecule has 1 rings (SSSR count). The second kappa shape index (κ2) is 9.50. The lowest BCUT2D eigenvalue weighted by atomic mass is 10.0. The van der Waals surface area contributed by atoms with Gasteiger partial charge < -0.3 is 15.9 Å². The van der Waals surface area contributed by atoms with E-state index in [4.69, 9.17) is 5.73 Å². The topological polar surface area (TPSA) is 83.6 Å². The molecule has 0 aromatic carbocycles. The SMILES string of the molecule is NC(=O)CCC(O)/C=C/C=C/C=C/C(O)C1CCCC1. The van der Waals surface area contributed by atoms with E-state index in [1.807, 2.05) is 18.2 Å². The van der Waals surface area contributed by atoms with Crippen LogP contribution in [0.4, 0.5) is 0 Å². The maximum atomic E-state index is 10.5. The number of primary amides is 1. The van der Waals surface area contributed by atoms with Gasteiger partial charge in [0, 0.05) is 6.42 Å². The molecule has 4 heteroatoms. The number of hydrogen-bond donors (Lipinski definition) is 3. The highest BCUT2D eigenvalue weighted by atomic mass is 16.3. The van der Waals surface area contributed by atoms with Crippen LogP contribution in [0.2, 0.25) is 0 Å². The Morgan fingerprint density at radius 2 is 1.70 bits per heavy atom. The van der Waals surface area contributed by atoms with Crippen LogP contribution in [0.3, 0.4) is 0 Å². The van der Waals surface area contributed by atoms with E-state index in [2.05, 4.69) is 0 Å². The Morgan fingerprint density at radius 3 is 2.30 bits per heavy atom. The second-order valence-corrected chi connectivity index (χ2v) is 5.26. The lowest BCUT2D eigenvalue weighted by molar-refractivity contribution is -0.118. The first kappa shape index (κ1) is 16.7. The third kappa shape index (κ3) is 7.26. The number of carbonyl (C=O) groups excluding carboxylic acids is 1. The molecule has 0 heterocycles. The molecule has 0 saturated heterocycles. The quantitative estimate of drug-likeness (QED) is 0.593. The first-order chi connectivity index (χ1) is 9.59. The van der Waals surface area contributed by atoms with Crippen molar-refractivity contribution in [3.05, 3.63) is 36.5 Å². The summed E-state index contributed by atoms with van der Waals surface area (Å²) < 4.78 is 0. The molecule has 1 saturated carbocycles. The highest BCUT2D eigenvalue weighted by molar-refractivity contribution is 5.73. The third-order valence-corrected chi connectivity index (χ3v) is 3.54. The fourth-order valence-corrected chi connectivity index (χ4v) is 2.34. The maximum Gasteiger partial charge on any atom is 0.217 e. The fraction of sp³-hybridized carbons (Fsp3) is 0.562. The molecule has 0 aromatic heterocycles. The zero-order valence-electron chi connectivity index (χ0n) is 11.8. The van der Waals surface area contributed by atoms with E-state index >= 15 is 0 Å². The lowest BCUT2D eigenvalue weighted by Gasteiger charge is -2.12. The summed E-state index contributed by atoms with van der Waals surface area (Å²) in [5.74, 6) is 0.00244. The van der Waals surface area contributed by atoms with Crippen LogP contribution in [0.5, 0.6) is 0 Å². The minimum Gasteiger partial charge on any atom is -0.389 e. The zero-order valence-corrected chi connectivity index (χ0v) is 11.8. The molecule has 0 radical (unpaired) electrons. The van der Waals surface area contributed by atoms with Crippen molar-refractivity contribution in [2.45, 2.75) is 50.7 Å². The van der Waals surface area contributed by atoms with Crippen LogP contribution in [0.15, 0.2) is 36.5 Å². The van der Waals surface area contributed by atoms with Gasteiger partial charge in [-0.15, -0.1) is 0 Å². The molecule has 1 amide bonds. The van der Waals surface area contributed by atoms with E-state index in [1.54, 1.807) is 18.2 Å². The summed E-state index contributed by atoms with van der Waals surface area (Å²) in [7, 11) is 0. The Morgan fingerprint density at radius 1 is 1.10 bits per heavy atom. The van der Waals surface area contributed by atoms with Crippen molar-refractivity contribution in [1.29, 1.82) is 0 Å². The molecular weight excluding hydrogens is 254 g/mol. The molecule has 1 aliphatic carbocycles. The Hall–Kier alpha value is -1.39. The Labute approximate surface area is 120 Å². The minimum absolute atomic E-state index is 0.183. The van der Waals surface area contributed by atoms with Crippen molar-refractivity contribution in [3.8, 4) is 0 Å². The first-order valence-corrected chi connectivity index (χ1v) is 7.25. The van der Waals surface area contributed by atoms with Crippen LogP contribution in [0, 0.1) is 5.92 Å². The molecule has 20 heavy (non-hydrogen) atoms. The molecular formula is C16H25NO3. The third-order valence-electron chi connectivity index (χ3n) is 3.54. The van der Waals surface area contributed by atoms with E-state index in [9.17, 15) is 15.0 Å². The van der Waals surface area contributed by atoms with E-state index in [0.717, 1.165) is 12.8 Å². The normalized spacial score (nSPS) is 20.3. The summed E-state index contributed by atoms with van der Waals surface area (Å²) in [5, 5.41) is 19.4. The number of rotatable bonds is 8. The number of hydrogen-bond acceptors (Lipinski definition) is 3. The molecule has 2 atom stereocenters. The van der Waals surface area contributed by atoms with Crippen molar-refractivity contribution in [1.82, 2.24) is 0 Å². The number of aliphatic hydroxyl groups excluding tert-OH is 2. The van der Waals surface area contributed by atoms with Crippen molar-refractivity contribution in [2.75, 3.05) is 0 Å². The number of amides is 1. The highest BCUT2D eigenvalue weighted by Crippen LogP contribution is 2.28. The Kier molecular flexibility index (Phi) is 7.92. The number of aliphatic hydroxyl groups is 2. The number of carbonyl (C=O) groups is 1. The molecule has 0 aromatic rings. The molecule has 4 N–H and O–H groups in total. The van der Waals surface area contributed by atoms with E-state index in [-0.39, 0.29) is 12.5 Å². The van der Waals surface area contributed by atoms with Gasteiger partial charge in [0.15, 0.2) is 0 Å². The molecule has 1 fully saturated rings. The summed E-state index contributed by atoms with van der Waals surface area (Å²) in [5.41, 5.74) is 4.99. The van der Waals surface area contributed by atoms with Gasteiger partial charge >= 0.3 is 0 Å². The molecule has 0 bridgehead atoms. The van der Waals surface area contributed by atoms with E-state index in [1.165, 1.54) is 12.8 Å². The summed E-state index contributed by atoms with van der Waals surface area (Å²) >= 11 is 0. The number of allylic oxidation sites excluding steroid dienone is 4. The van der Waals surface area contributed by atoms with E-state index < -0.39 is 12.0 Å². The summed E-state index contributed by atoms with van der Waals surface area (Å²) in [6.07, 6.45) is 14.7. The van der Waals surface area contributed by atoms with Gasteiger partial charge in [0.1, 0.15) is 0 Å². The average molecular weight is 279 g/mol. The molecule has 1 aliphatic rings. The van der Waals surface area contributed by atoms with Gasteiger partial charge in [-0.25, -0.2) is 0 Å².